The molecule has 0 radical (unpaired) electrons. The van der Waals surface area contributed by atoms with Crippen LogP contribution >= 0.6 is 0 Å². The van der Waals surface area contributed by atoms with Gasteiger partial charge in [0.2, 0.25) is 0 Å². The second kappa shape index (κ2) is 7.47. The van der Waals surface area contributed by atoms with Crippen LogP contribution in [0.1, 0.15) is 58.6 Å². The van der Waals surface area contributed by atoms with E-state index in [1.54, 1.807) is 0 Å². The fraction of sp³-hybridized carbons (Fsp3) is 0.348. The minimum absolute atomic E-state index is 0.109. The van der Waals surface area contributed by atoms with E-state index in [0.717, 1.165) is 60.3 Å². The van der Waals surface area contributed by atoms with Crippen molar-refractivity contribution in [2.24, 2.45) is 0 Å². The molecule has 1 aliphatic rings. The van der Waals surface area contributed by atoms with Crippen LogP contribution in [0.2, 0.25) is 0 Å². The van der Waals surface area contributed by atoms with Crippen molar-refractivity contribution in [2.75, 3.05) is 13.1 Å². The van der Waals surface area contributed by atoms with Gasteiger partial charge < -0.3 is 9.88 Å². The Morgan fingerprint density at radius 2 is 1.93 bits per heavy atom. The number of hydrogen-bond acceptors (Lipinski definition) is 3. The minimum atomic E-state index is 0.109. The first-order chi connectivity index (χ1) is 13.6. The first-order valence-electron chi connectivity index (χ1n) is 9.88. The minimum Gasteiger partial charge on any atom is -0.342 e. The number of amides is 1. The Morgan fingerprint density at radius 3 is 2.57 bits per heavy atom. The van der Waals surface area contributed by atoms with Gasteiger partial charge in [0.1, 0.15) is 5.82 Å². The summed E-state index contributed by atoms with van der Waals surface area (Å²) in [6.45, 7) is 5.52. The summed E-state index contributed by atoms with van der Waals surface area (Å²) >= 11 is 0. The summed E-state index contributed by atoms with van der Waals surface area (Å²) in [5.41, 5.74) is 5.66. The van der Waals surface area contributed by atoms with E-state index in [1.807, 2.05) is 48.2 Å². The number of imidazole rings is 1. The second-order valence-electron chi connectivity index (χ2n) is 7.46. The van der Waals surface area contributed by atoms with Gasteiger partial charge in [0.15, 0.2) is 0 Å². The zero-order chi connectivity index (χ0) is 19.7. The number of nitriles is 1. The third kappa shape index (κ3) is 3.27. The summed E-state index contributed by atoms with van der Waals surface area (Å²) in [5, 5.41) is 8.95. The third-order valence-electron chi connectivity index (χ3n) is 5.76. The molecule has 2 heterocycles. The maximum Gasteiger partial charge on any atom is 0.254 e. The largest absolute Gasteiger partial charge is 0.342 e. The van der Waals surface area contributed by atoms with Crippen molar-refractivity contribution < 1.29 is 4.79 Å². The van der Waals surface area contributed by atoms with Crippen LogP contribution in [-0.4, -0.2) is 33.9 Å². The quantitative estimate of drug-likeness (QED) is 0.744. The normalized spacial score (nSPS) is 15.0. The van der Waals surface area contributed by atoms with E-state index in [-0.39, 0.29) is 5.91 Å². The van der Waals surface area contributed by atoms with Crippen LogP contribution in [0.25, 0.3) is 11.0 Å². The van der Waals surface area contributed by atoms with Crippen molar-refractivity contribution in [2.45, 2.75) is 39.0 Å². The molecule has 4 rings (SSSR count). The first-order valence-corrected chi connectivity index (χ1v) is 9.88. The molecule has 1 aromatic heterocycles. The highest BCUT2D eigenvalue weighted by Crippen LogP contribution is 2.30. The van der Waals surface area contributed by atoms with Gasteiger partial charge in [0.25, 0.3) is 5.91 Å². The van der Waals surface area contributed by atoms with Gasteiger partial charge >= 0.3 is 0 Å². The monoisotopic (exact) mass is 372 g/mol. The van der Waals surface area contributed by atoms with Gasteiger partial charge in [-0.25, -0.2) is 4.98 Å². The lowest BCUT2D eigenvalue weighted by Crippen LogP contribution is -2.38. The fourth-order valence-corrected chi connectivity index (χ4v) is 4.23. The summed E-state index contributed by atoms with van der Waals surface area (Å²) in [5.74, 6) is 1.43. The maximum absolute atomic E-state index is 13.2. The molecule has 28 heavy (non-hydrogen) atoms. The Labute approximate surface area is 165 Å². The molecule has 0 bridgehead atoms. The van der Waals surface area contributed by atoms with E-state index >= 15 is 0 Å². The smallest absolute Gasteiger partial charge is 0.254 e. The zero-order valence-electron chi connectivity index (χ0n) is 16.3. The first kappa shape index (κ1) is 18.2. The van der Waals surface area contributed by atoms with E-state index in [0.29, 0.717) is 11.5 Å². The number of carbonyl (C=O) groups is 1. The summed E-state index contributed by atoms with van der Waals surface area (Å²) in [7, 11) is 0. The van der Waals surface area contributed by atoms with Gasteiger partial charge in [-0.3, -0.25) is 4.79 Å². The molecular weight excluding hydrogens is 348 g/mol. The van der Waals surface area contributed by atoms with Crippen molar-refractivity contribution in [3.05, 3.63) is 64.5 Å². The van der Waals surface area contributed by atoms with E-state index in [1.165, 1.54) is 5.56 Å². The zero-order valence-corrected chi connectivity index (χ0v) is 16.3. The molecule has 0 unspecified atom stereocenters. The predicted octanol–water partition coefficient (Wildman–Crippen LogP) is 4.33. The van der Waals surface area contributed by atoms with Crippen LogP contribution in [0.5, 0.6) is 0 Å². The van der Waals surface area contributed by atoms with Crippen LogP contribution < -0.4 is 0 Å². The molecule has 0 atom stereocenters. The number of hydrogen-bond donors (Lipinski definition) is 1. The Balaban J connectivity index is 1.51. The molecule has 5 nitrogen and oxygen atoms in total. The van der Waals surface area contributed by atoms with Crippen molar-refractivity contribution in [1.82, 2.24) is 14.9 Å². The maximum atomic E-state index is 13.2. The van der Waals surface area contributed by atoms with Crippen LogP contribution in [0.3, 0.4) is 0 Å². The molecule has 1 amide bonds. The number of rotatable bonds is 3. The number of nitrogens with zero attached hydrogens (tertiary/aromatic N) is 3. The average molecular weight is 372 g/mol. The lowest BCUT2D eigenvalue weighted by molar-refractivity contribution is 0.0712. The summed E-state index contributed by atoms with van der Waals surface area (Å²) in [6, 6.07) is 13.9. The molecule has 142 valence electrons. The average Bonchev–Trinajstić information content (AvgIpc) is 3.13. The molecule has 0 saturated carbocycles. The molecule has 5 heteroatoms. The standard InChI is InChI=1S/C23H24N4O/c1-3-19-20(8-9-21-22(19)26-15(2)25-21)23(28)27-12-10-18(11-13-27)17-6-4-16(14-24)5-7-17/h4-9,18H,3,10-13H2,1-2H3,(H,25,26). The number of benzene rings is 2. The number of aromatic nitrogens is 2. The molecule has 2 aromatic carbocycles. The van der Waals surface area contributed by atoms with Gasteiger partial charge in [-0.1, -0.05) is 19.1 Å². The highest BCUT2D eigenvalue weighted by atomic mass is 16.2. The fourth-order valence-electron chi connectivity index (χ4n) is 4.23. The topological polar surface area (TPSA) is 72.8 Å². The summed E-state index contributed by atoms with van der Waals surface area (Å²) in [4.78, 5) is 23.0. The Bertz CT molecular complexity index is 1050. The Hall–Kier alpha value is -3.13. The molecule has 1 saturated heterocycles. The van der Waals surface area contributed by atoms with E-state index in [4.69, 9.17) is 5.26 Å². The van der Waals surface area contributed by atoms with Crippen molar-refractivity contribution in [1.29, 1.82) is 5.26 Å². The van der Waals surface area contributed by atoms with Crippen molar-refractivity contribution in [3.63, 3.8) is 0 Å². The van der Waals surface area contributed by atoms with Crippen LogP contribution in [0.15, 0.2) is 36.4 Å². The highest BCUT2D eigenvalue weighted by molar-refractivity contribution is 6.00. The number of H-pyrrole nitrogens is 1. The number of nitrogens with one attached hydrogen (secondary N) is 1. The molecule has 1 N–H and O–H groups in total. The van der Waals surface area contributed by atoms with Gasteiger partial charge in [0, 0.05) is 18.7 Å². The predicted molar refractivity (Wildman–Crippen MR) is 109 cm³/mol. The van der Waals surface area contributed by atoms with Gasteiger partial charge in [0.05, 0.1) is 22.7 Å². The number of likely N-dealkylation sites (tertiary alicyclic amines) is 1. The van der Waals surface area contributed by atoms with E-state index < -0.39 is 0 Å². The molecule has 0 spiro atoms. The van der Waals surface area contributed by atoms with Crippen molar-refractivity contribution in [3.8, 4) is 6.07 Å². The third-order valence-corrected chi connectivity index (χ3v) is 5.76. The molecule has 1 aliphatic heterocycles. The van der Waals surface area contributed by atoms with Crippen LogP contribution in [0, 0.1) is 18.3 Å². The van der Waals surface area contributed by atoms with Crippen molar-refractivity contribution >= 4 is 16.9 Å². The molecule has 0 aliphatic carbocycles. The number of carbonyl (C=O) groups excluding carboxylic acids is 1. The number of aromatic amines is 1. The second-order valence-corrected chi connectivity index (χ2v) is 7.46. The number of aryl methyl sites for hydroxylation is 2. The summed E-state index contributed by atoms with van der Waals surface area (Å²) in [6.07, 6.45) is 2.68. The van der Waals surface area contributed by atoms with Gasteiger partial charge in [-0.05, 0) is 67.5 Å². The lowest BCUT2D eigenvalue weighted by atomic mass is 9.88. The number of piperidine rings is 1. The summed E-state index contributed by atoms with van der Waals surface area (Å²) < 4.78 is 0. The van der Waals surface area contributed by atoms with E-state index in [9.17, 15) is 4.79 Å². The van der Waals surface area contributed by atoms with Crippen LogP contribution in [0.4, 0.5) is 0 Å². The molecule has 3 aromatic rings. The molecule has 1 fully saturated rings. The van der Waals surface area contributed by atoms with Gasteiger partial charge in [-0.15, -0.1) is 0 Å². The van der Waals surface area contributed by atoms with Gasteiger partial charge in [-0.2, -0.15) is 5.26 Å². The Kier molecular flexibility index (Phi) is 4.87. The van der Waals surface area contributed by atoms with Crippen LogP contribution in [-0.2, 0) is 6.42 Å². The molecular formula is C23H24N4O. The lowest BCUT2D eigenvalue weighted by Gasteiger charge is -2.32. The Morgan fingerprint density at radius 1 is 1.21 bits per heavy atom. The SMILES string of the molecule is CCc1c(C(=O)N2CCC(c3ccc(C#N)cc3)CC2)ccc2[nH]c(C)nc12. The number of fused-ring (bicyclic) bond motifs is 1. The van der Waals surface area contributed by atoms with E-state index in [2.05, 4.69) is 23.0 Å². The highest BCUT2D eigenvalue weighted by Gasteiger charge is 2.26.